The van der Waals surface area contributed by atoms with Gasteiger partial charge in [0.15, 0.2) is 12.1 Å². The van der Waals surface area contributed by atoms with E-state index in [1.54, 1.807) is 0 Å². The van der Waals surface area contributed by atoms with E-state index in [4.69, 9.17) is 23.8 Å². The molecular weight excluding hydrogens is 226 g/mol. The molecule has 0 aromatic heterocycles. The second-order valence-corrected chi connectivity index (χ2v) is 5.33. The largest absolute Gasteiger partial charge is 0.395 e. The molecule has 0 amide bonds. The van der Waals surface area contributed by atoms with Gasteiger partial charge in [0.1, 0.15) is 24.9 Å². The van der Waals surface area contributed by atoms with Crippen LogP contribution in [-0.4, -0.2) is 49.3 Å². The third-order valence-electron chi connectivity index (χ3n) is 3.64. The van der Waals surface area contributed by atoms with Crippen LogP contribution in [0.2, 0.25) is 0 Å². The third kappa shape index (κ3) is 1.38. The Morgan fingerprint density at radius 1 is 1.18 bits per heavy atom. The summed E-state index contributed by atoms with van der Waals surface area (Å²) < 4.78 is 23.2. The molecule has 0 radical (unpaired) electrons. The molecule has 4 aliphatic rings. The highest BCUT2D eigenvalue weighted by atomic mass is 16.8. The molecule has 0 aliphatic carbocycles. The number of hydrogen-bond donors (Lipinski definition) is 0. The molecule has 4 heterocycles. The van der Waals surface area contributed by atoms with E-state index in [-0.39, 0.29) is 30.5 Å². The lowest BCUT2D eigenvalue weighted by atomic mass is 9.93. The molecule has 94 valence electrons. The molecule has 0 bridgehead atoms. The summed E-state index contributed by atoms with van der Waals surface area (Å²) in [5, 5.41) is 4.06. The van der Waals surface area contributed by atoms with Gasteiger partial charge in [0.2, 0.25) is 0 Å². The maximum absolute atomic E-state index is 5.86. The fourth-order valence-electron chi connectivity index (χ4n) is 2.91. The van der Waals surface area contributed by atoms with E-state index in [1.165, 1.54) is 0 Å². The number of oxime groups is 1. The second-order valence-electron chi connectivity index (χ2n) is 5.33. The van der Waals surface area contributed by atoms with E-state index in [9.17, 15) is 0 Å². The van der Waals surface area contributed by atoms with Crippen LogP contribution in [0.4, 0.5) is 0 Å². The zero-order chi connectivity index (χ0) is 11.6. The molecule has 0 spiro atoms. The monoisotopic (exact) mass is 241 g/mol. The van der Waals surface area contributed by atoms with Crippen LogP contribution in [0.5, 0.6) is 0 Å². The lowest BCUT2D eigenvalue weighted by molar-refractivity contribution is -0.213. The highest BCUT2D eigenvalue weighted by molar-refractivity contribution is 5.93. The van der Waals surface area contributed by atoms with Crippen LogP contribution in [0, 0.1) is 5.92 Å². The van der Waals surface area contributed by atoms with Gasteiger partial charge in [0.05, 0.1) is 18.2 Å². The van der Waals surface area contributed by atoms with E-state index in [0.29, 0.717) is 13.2 Å². The SMILES string of the molecule is CC1(C)O[C@H]2O[C@@H]3C4=NOC[C@@H]4CO[C@@H]3[C@H]2O1. The zero-order valence-electron chi connectivity index (χ0n) is 9.79. The van der Waals surface area contributed by atoms with Crippen LogP contribution >= 0.6 is 0 Å². The number of ether oxygens (including phenoxy) is 4. The van der Waals surface area contributed by atoms with Crippen molar-refractivity contribution in [1.82, 2.24) is 0 Å². The molecule has 17 heavy (non-hydrogen) atoms. The van der Waals surface area contributed by atoms with Crippen molar-refractivity contribution < 1.29 is 23.8 Å². The maximum Gasteiger partial charge on any atom is 0.190 e. The lowest BCUT2D eigenvalue weighted by Crippen LogP contribution is -2.48. The normalized spacial score (nSPS) is 50.2. The van der Waals surface area contributed by atoms with Gasteiger partial charge in [-0.3, -0.25) is 0 Å². The molecule has 6 heteroatoms. The summed E-state index contributed by atoms with van der Waals surface area (Å²) in [5.41, 5.74) is 0.945. The zero-order valence-corrected chi connectivity index (χ0v) is 9.79. The van der Waals surface area contributed by atoms with Crippen molar-refractivity contribution in [2.24, 2.45) is 11.1 Å². The molecule has 0 aromatic carbocycles. The van der Waals surface area contributed by atoms with E-state index in [2.05, 4.69) is 5.16 Å². The minimum atomic E-state index is -0.603. The second kappa shape index (κ2) is 3.20. The van der Waals surface area contributed by atoms with Crippen molar-refractivity contribution in [2.75, 3.05) is 13.2 Å². The highest BCUT2D eigenvalue weighted by Gasteiger charge is 2.59. The minimum absolute atomic E-state index is 0.126. The first-order valence-corrected chi connectivity index (χ1v) is 5.96. The summed E-state index contributed by atoms with van der Waals surface area (Å²) in [7, 11) is 0. The predicted octanol–water partition coefficient (Wildman–Crippen LogP) is 0.264. The topological polar surface area (TPSA) is 58.5 Å². The number of hydrogen-bond acceptors (Lipinski definition) is 6. The predicted molar refractivity (Wildman–Crippen MR) is 55.3 cm³/mol. The Balaban J connectivity index is 1.61. The van der Waals surface area contributed by atoms with Gasteiger partial charge in [-0.1, -0.05) is 5.16 Å². The lowest BCUT2D eigenvalue weighted by Gasteiger charge is -2.31. The van der Waals surface area contributed by atoms with Crippen LogP contribution in [0.3, 0.4) is 0 Å². The Morgan fingerprint density at radius 2 is 2.06 bits per heavy atom. The summed E-state index contributed by atoms with van der Waals surface area (Å²) in [4.78, 5) is 5.11. The quantitative estimate of drug-likeness (QED) is 0.609. The minimum Gasteiger partial charge on any atom is -0.395 e. The van der Waals surface area contributed by atoms with Gasteiger partial charge in [-0.2, -0.15) is 0 Å². The van der Waals surface area contributed by atoms with Crippen molar-refractivity contribution in [1.29, 1.82) is 0 Å². The van der Waals surface area contributed by atoms with E-state index in [1.807, 2.05) is 13.8 Å². The molecule has 0 unspecified atom stereocenters. The fourth-order valence-corrected chi connectivity index (χ4v) is 2.91. The van der Waals surface area contributed by atoms with E-state index < -0.39 is 5.79 Å². The molecule has 5 atom stereocenters. The molecule has 0 N–H and O–H groups in total. The summed E-state index contributed by atoms with van der Waals surface area (Å²) in [6.07, 6.45) is -0.831. The Hall–Kier alpha value is -0.690. The van der Waals surface area contributed by atoms with Crippen LogP contribution in [0.15, 0.2) is 5.16 Å². The number of rotatable bonds is 0. The van der Waals surface area contributed by atoms with Crippen molar-refractivity contribution in [3.8, 4) is 0 Å². The molecule has 3 fully saturated rings. The number of fused-ring (bicyclic) bond motifs is 5. The van der Waals surface area contributed by atoms with Crippen LogP contribution in [0.25, 0.3) is 0 Å². The third-order valence-corrected chi connectivity index (χ3v) is 3.64. The van der Waals surface area contributed by atoms with Crippen molar-refractivity contribution in [3.63, 3.8) is 0 Å². The van der Waals surface area contributed by atoms with Crippen LogP contribution in [0.1, 0.15) is 13.8 Å². The van der Waals surface area contributed by atoms with Crippen LogP contribution < -0.4 is 0 Å². The van der Waals surface area contributed by atoms with Gasteiger partial charge < -0.3 is 23.8 Å². The van der Waals surface area contributed by atoms with E-state index >= 15 is 0 Å². The Morgan fingerprint density at radius 3 is 2.94 bits per heavy atom. The summed E-state index contributed by atoms with van der Waals surface area (Å²) >= 11 is 0. The number of nitrogens with zero attached hydrogens (tertiary/aromatic N) is 1. The molecule has 0 saturated carbocycles. The van der Waals surface area contributed by atoms with Gasteiger partial charge in [0, 0.05) is 0 Å². The molecule has 0 aromatic rings. The van der Waals surface area contributed by atoms with Crippen molar-refractivity contribution in [3.05, 3.63) is 0 Å². The molecule has 4 aliphatic heterocycles. The Bertz CT molecular complexity index is 382. The standard InChI is InChI=1S/C11H15NO5/c1-11(2)16-9-8-7(15-10(9)17-11)6-5(3-13-8)4-14-12-6/h5,7-10H,3-4H2,1-2H3/t5-,7+,8-,9+,10+/m0/s1. The first kappa shape index (κ1) is 10.3. The average Bonchev–Trinajstić information content (AvgIpc) is 2.88. The Labute approximate surface area is 98.8 Å². The van der Waals surface area contributed by atoms with Crippen LogP contribution in [-0.2, 0) is 23.8 Å². The first-order chi connectivity index (χ1) is 8.14. The molecule has 6 nitrogen and oxygen atoms in total. The van der Waals surface area contributed by atoms with Gasteiger partial charge in [-0.05, 0) is 13.8 Å². The smallest absolute Gasteiger partial charge is 0.190 e. The molecule has 3 saturated heterocycles. The molecule has 4 rings (SSSR count). The summed E-state index contributed by atoms with van der Waals surface area (Å²) in [6.45, 7) is 4.97. The van der Waals surface area contributed by atoms with Crippen molar-refractivity contribution in [2.45, 2.75) is 44.2 Å². The summed E-state index contributed by atoms with van der Waals surface area (Å²) in [6, 6.07) is 0. The van der Waals surface area contributed by atoms with Gasteiger partial charge in [-0.25, -0.2) is 0 Å². The first-order valence-electron chi connectivity index (χ1n) is 5.96. The van der Waals surface area contributed by atoms with Gasteiger partial charge >= 0.3 is 0 Å². The van der Waals surface area contributed by atoms with Gasteiger partial charge in [-0.15, -0.1) is 0 Å². The Kier molecular flexibility index (Phi) is 1.93. The summed E-state index contributed by atoms with van der Waals surface area (Å²) in [5.74, 6) is -0.378. The molecular formula is C11H15NO5. The fraction of sp³-hybridized carbons (Fsp3) is 0.909. The van der Waals surface area contributed by atoms with E-state index in [0.717, 1.165) is 5.71 Å². The van der Waals surface area contributed by atoms with Gasteiger partial charge in [0.25, 0.3) is 0 Å². The van der Waals surface area contributed by atoms with Crippen molar-refractivity contribution >= 4 is 5.71 Å². The highest BCUT2D eigenvalue weighted by Crippen LogP contribution is 2.42. The average molecular weight is 241 g/mol. The maximum atomic E-state index is 5.86.